The molecule has 6 heteroatoms. The molecule has 2 aliphatic heterocycles. The molecule has 1 aromatic heterocycles. The molecule has 3 aromatic rings. The van der Waals surface area contributed by atoms with E-state index in [1.54, 1.807) is 26.2 Å². The Morgan fingerprint density at radius 2 is 1.93 bits per heavy atom. The van der Waals surface area contributed by atoms with Crippen molar-refractivity contribution in [1.29, 1.82) is 0 Å². The van der Waals surface area contributed by atoms with Gasteiger partial charge in [0, 0.05) is 43.8 Å². The van der Waals surface area contributed by atoms with Crippen molar-refractivity contribution in [3.8, 4) is 5.75 Å². The Kier molecular flexibility index (Phi) is 4.57. The highest BCUT2D eigenvalue weighted by atomic mass is 19.1. The van der Waals surface area contributed by atoms with Crippen molar-refractivity contribution in [2.75, 3.05) is 31.6 Å². The number of fused-ring (bicyclic) bond motifs is 2. The summed E-state index contributed by atoms with van der Waals surface area (Å²) in [6.07, 6.45) is 0. The summed E-state index contributed by atoms with van der Waals surface area (Å²) in [5.41, 5.74) is 1.72. The van der Waals surface area contributed by atoms with E-state index in [2.05, 4.69) is 11.0 Å². The van der Waals surface area contributed by atoms with E-state index < -0.39 is 0 Å². The van der Waals surface area contributed by atoms with Crippen LogP contribution in [-0.4, -0.2) is 42.5 Å². The number of hydrogen-bond donors (Lipinski definition) is 0. The number of hydrogen-bond acceptors (Lipinski definition) is 4. The Morgan fingerprint density at radius 1 is 1.10 bits per heavy atom. The maximum Gasteiger partial charge on any atom is 0.219 e. The van der Waals surface area contributed by atoms with Crippen LogP contribution in [0.5, 0.6) is 5.75 Å². The first kappa shape index (κ1) is 18.9. The van der Waals surface area contributed by atoms with E-state index in [9.17, 15) is 9.18 Å². The van der Waals surface area contributed by atoms with Crippen LogP contribution in [0.1, 0.15) is 18.5 Å². The summed E-state index contributed by atoms with van der Waals surface area (Å²) in [5, 5.41) is 1.04. The van der Waals surface area contributed by atoms with E-state index in [0.29, 0.717) is 12.5 Å². The van der Waals surface area contributed by atoms with Crippen LogP contribution in [0.4, 0.5) is 10.2 Å². The molecule has 0 unspecified atom stereocenters. The predicted octanol–water partition coefficient (Wildman–Crippen LogP) is 4.04. The van der Waals surface area contributed by atoms with E-state index in [-0.39, 0.29) is 23.7 Å². The minimum absolute atomic E-state index is 0.0405. The minimum Gasteiger partial charge on any atom is -0.494 e. The molecule has 5 rings (SSSR count). The Balaban J connectivity index is 1.47. The highest BCUT2D eigenvalue weighted by Gasteiger charge is 2.48. The van der Waals surface area contributed by atoms with Gasteiger partial charge in [-0.2, -0.15) is 0 Å². The van der Waals surface area contributed by atoms with Crippen LogP contribution >= 0.6 is 0 Å². The topological polar surface area (TPSA) is 45.7 Å². The molecule has 0 saturated carbocycles. The van der Waals surface area contributed by atoms with Gasteiger partial charge >= 0.3 is 0 Å². The molecule has 0 bridgehead atoms. The van der Waals surface area contributed by atoms with E-state index in [1.165, 1.54) is 6.07 Å². The molecule has 3 heterocycles. The molecule has 0 spiro atoms. The number of methoxy groups -OCH3 is 1. The van der Waals surface area contributed by atoms with Crippen molar-refractivity contribution in [3.05, 3.63) is 66.0 Å². The van der Waals surface area contributed by atoms with Crippen molar-refractivity contribution in [3.63, 3.8) is 0 Å². The van der Waals surface area contributed by atoms with Crippen LogP contribution < -0.4 is 9.64 Å². The second-order valence-electron chi connectivity index (χ2n) is 8.20. The monoisotopic (exact) mass is 405 g/mol. The summed E-state index contributed by atoms with van der Waals surface area (Å²) in [5.74, 6) is 2.02. The third-order valence-corrected chi connectivity index (χ3v) is 6.47. The molecule has 0 radical (unpaired) electrons. The number of carbonyl (C=O) groups excluding carboxylic acids is 1. The third-order valence-electron chi connectivity index (χ3n) is 6.47. The molecular weight excluding hydrogens is 381 g/mol. The number of benzene rings is 2. The van der Waals surface area contributed by atoms with E-state index in [0.717, 1.165) is 41.1 Å². The van der Waals surface area contributed by atoms with Gasteiger partial charge in [0.05, 0.1) is 13.2 Å². The lowest BCUT2D eigenvalue weighted by atomic mass is 9.89. The zero-order valence-corrected chi connectivity index (χ0v) is 17.1. The Hall–Kier alpha value is -3.15. The van der Waals surface area contributed by atoms with Gasteiger partial charge in [-0.15, -0.1) is 0 Å². The molecular formula is C24H24FN3O2. The first-order chi connectivity index (χ1) is 14.5. The van der Waals surface area contributed by atoms with Gasteiger partial charge in [0.25, 0.3) is 0 Å². The predicted molar refractivity (Wildman–Crippen MR) is 114 cm³/mol. The number of ether oxygens (including phenoxy) is 1. The van der Waals surface area contributed by atoms with Gasteiger partial charge in [-0.1, -0.05) is 24.3 Å². The molecule has 0 N–H and O–H groups in total. The van der Waals surface area contributed by atoms with Crippen molar-refractivity contribution in [1.82, 2.24) is 9.88 Å². The average molecular weight is 405 g/mol. The fourth-order valence-electron chi connectivity index (χ4n) is 5.12. The smallest absolute Gasteiger partial charge is 0.219 e. The van der Waals surface area contributed by atoms with E-state index in [4.69, 9.17) is 9.72 Å². The van der Waals surface area contributed by atoms with Gasteiger partial charge < -0.3 is 14.5 Å². The normalized spacial score (nSPS) is 23.1. The van der Waals surface area contributed by atoms with Crippen LogP contribution in [0.2, 0.25) is 0 Å². The summed E-state index contributed by atoms with van der Waals surface area (Å²) in [6.45, 7) is 3.90. The van der Waals surface area contributed by atoms with Crippen LogP contribution in [-0.2, 0) is 4.79 Å². The van der Waals surface area contributed by atoms with Crippen LogP contribution in [0.3, 0.4) is 0 Å². The summed E-state index contributed by atoms with van der Waals surface area (Å²) in [7, 11) is 1.66. The van der Waals surface area contributed by atoms with Crippen LogP contribution in [0.15, 0.2) is 54.6 Å². The van der Waals surface area contributed by atoms with Gasteiger partial charge in [-0.3, -0.25) is 4.79 Å². The second kappa shape index (κ2) is 7.27. The summed E-state index contributed by atoms with van der Waals surface area (Å²) in [4.78, 5) is 21.4. The summed E-state index contributed by atoms with van der Waals surface area (Å²) >= 11 is 0. The molecule has 5 nitrogen and oxygen atoms in total. The average Bonchev–Trinajstić information content (AvgIpc) is 3.31. The lowest BCUT2D eigenvalue weighted by molar-refractivity contribution is -0.130. The standard InChI is InChI=1S/C24H24FN3O2/c1-15(29)28-13-18-12-27(14-20(18)24(28)17-6-3-7-19(25)11-17)22-10-9-16-5-4-8-21(30-2)23(16)26-22/h3-11,18,20,24H,12-14H2,1-2H3/t18-,20-,24+/m1/s1. The molecule has 0 aliphatic carbocycles. The van der Waals surface area contributed by atoms with Gasteiger partial charge in [0.1, 0.15) is 22.9 Å². The van der Waals surface area contributed by atoms with E-state index in [1.807, 2.05) is 35.2 Å². The van der Waals surface area contributed by atoms with Crippen molar-refractivity contribution < 1.29 is 13.9 Å². The summed E-state index contributed by atoms with van der Waals surface area (Å²) < 4.78 is 19.4. The number of likely N-dealkylation sites (tertiary alicyclic amines) is 1. The zero-order chi connectivity index (χ0) is 20.8. The fraction of sp³-hybridized carbons (Fsp3) is 0.333. The van der Waals surface area contributed by atoms with Gasteiger partial charge in [0.2, 0.25) is 5.91 Å². The number of amides is 1. The van der Waals surface area contributed by atoms with Crippen molar-refractivity contribution in [2.24, 2.45) is 11.8 Å². The maximum absolute atomic E-state index is 13.9. The SMILES string of the molecule is COc1cccc2ccc(N3C[C@@H]4CN(C(C)=O)[C@@H](c5cccc(F)c5)[C@@H]4C3)nc12. The number of aromatic nitrogens is 1. The van der Waals surface area contributed by atoms with Crippen molar-refractivity contribution >= 4 is 22.6 Å². The molecule has 30 heavy (non-hydrogen) atoms. The maximum atomic E-state index is 13.9. The number of anilines is 1. The van der Waals surface area contributed by atoms with Gasteiger partial charge in [-0.25, -0.2) is 9.37 Å². The number of nitrogens with zero attached hydrogens (tertiary/aromatic N) is 3. The Morgan fingerprint density at radius 3 is 2.70 bits per heavy atom. The first-order valence-corrected chi connectivity index (χ1v) is 10.3. The number of para-hydroxylation sites is 1. The molecule has 2 aliphatic rings. The summed E-state index contributed by atoms with van der Waals surface area (Å²) in [6, 6.07) is 16.6. The molecule has 154 valence electrons. The van der Waals surface area contributed by atoms with Crippen molar-refractivity contribution in [2.45, 2.75) is 13.0 Å². The largest absolute Gasteiger partial charge is 0.494 e. The number of halogens is 1. The quantitative estimate of drug-likeness (QED) is 0.660. The molecule has 3 atom stereocenters. The molecule has 1 amide bonds. The lowest BCUT2D eigenvalue weighted by Crippen LogP contribution is -2.34. The number of rotatable bonds is 3. The Labute approximate surface area is 175 Å². The number of carbonyl (C=O) groups is 1. The number of pyridine rings is 1. The van der Waals surface area contributed by atoms with Gasteiger partial charge in [-0.05, 0) is 35.9 Å². The zero-order valence-electron chi connectivity index (χ0n) is 17.1. The highest BCUT2D eigenvalue weighted by molar-refractivity contribution is 5.86. The lowest BCUT2D eigenvalue weighted by Gasteiger charge is -2.29. The van der Waals surface area contributed by atoms with Gasteiger partial charge in [0.15, 0.2) is 0 Å². The highest BCUT2D eigenvalue weighted by Crippen LogP contribution is 2.46. The Bertz CT molecular complexity index is 1120. The van der Waals surface area contributed by atoms with E-state index >= 15 is 0 Å². The van der Waals surface area contributed by atoms with Crippen LogP contribution in [0, 0.1) is 17.7 Å². The first-order valence-electron chi connectivity index (χ1n) is 10.3. The molecule has 2 saturated heterocycles. The fourth-order valence-corrected chi connectivity index (χ4v) is 5.12. The second-order valence-corrected chi connectivity index (χ2v) is 8.20. The molecule has 2 aromatic carbocycles. The minimum atomic E-state index is -0.266. The molecule has 2 fully saturated rings. The van der Waals surface area contributed by atoms with Crippen LogP contribution in [0.25, 0.3) is 10.9 Å². The third kappa shape index (κ3) is 3.07.